The number of hydrogen-bond acceptors (Lipinski definition) is 4. The Balaban J connectivity index is 1.90. The van der Waals surface area contributed by atoms with Crippen LogP contribution >= 0.6 is 0 Å². The summed E-state index contributed by atoms with van der Waals surface area (Å²) >= 11 is 0. The molecule has 1 aliphatic heterocycles. The second-order valence-electron chi connectivity index (χ2n) is 8.29. The summed E-state index contributed by atoms with van der Waals surface area (Å²) < 4.78 is 5.35. The number of carbonyl (C=O) groups is 2. The Morgan fingerprint density at radius 2 is 1.87 bits per heavy atom. The van der Waals surface area contributed by atoms with Crippen molar-refractivity contribution >= 4 is 12.1 Å². The first kappa shape index (κ1) is 18.0. The molecule has 1 saturated carbocycles. The Bertz CT molecular complexity index is 460. The van der Waals surface area contributed by atoms with E-state index in [1.807, 2.05) is 20.8 Å². The van der Waals surface area contributed by atoms with Crippen LogP contribution in [0.5, 0.6) is 0 Å². The van der Waals surface area contributed by atoms with Gasteiger partial charge >= 0.3 is 12.1 Å². The standard InChI is InChI=1S/C17H30N2O4/c1-5-6-16(7-8-16)10-18-17(9-13(20)21)11-19(12-17)14(22)23-15(2,3)4/h18H,5-12H2,1-4H3,(H,20,21). The van der Waals surface area contributed by atoms with E-state index in [-0.39, 0.29) is 12.5 Å². The van der Waals surface area contributed by atoms with Crippen LogP contribution in [-0.4, -0.2) is 52.8 Å². The van der Waals surface area contributed by atoms with E-state index in [4.69, 9.17) is 4.74 Å². The number of ether oxygens (including phenoxy) is 1. The molecule has 0 aromatic heterocycles. The van der Waals surface area contributed by atoms with Crippen LogP contribution in [-0.2, 0) is 9.53 Å². The van der Waals surface area contributed by atoms with Crippen molar-refractivity contribution in [1.29, 1.82) is 0 Å². The maximum atomic E-state index is 12.1. The van der Waals surface area contributed by atoms with Crippen LogP contribution in [0.25, 0.3) is 0 Å². The average Bonchev–Trinajstić information content (AvgIpc) is 3.10. The van der Waals surface area contributed by atoms with Gasteiger partial charge in [-0.3, -0.25) is 4.79 Å². The molecule has 6 heteroatoms. The zero-order chi connectivity index (χ0) is 17.3. The minimum atomic E-state index is -0.832. The lowest BCUT2D eigenvalue weighted by Crippen LogP contribution is -2.71. The summed E-state index contributed by atoms with van der Waals surface area (Å²) in [5.74, 6) is -0.832. The highest BCUT2D eigenvalue weighted by atomic mass is 16.6. The number of carboxylic acids is 1. The third-order valence-corrected chi connectivity index (χ3v) is 4.70. The highest BCUT2D eigenvalue weighted by molar-refractivity contribution is 5.73. The fourth-order valence-corrected chi connectivity index (χ4v) is 3.31. The maximum Gasteiger partial charge on any atom is 0.410 e. The van der Waals surface area contributed by atoms with Crippen molar-refractivity contribution in [1.82, 2.24) is 10.2 Å². The Morgan fingerprint density at radius 1 is 1.26 bits per heavy atom. The monoisotopic (exact) mass is 326 g/mol. The SMILES string of the molecule is CCCC1(CNC2(CC(=O)O)CN(C(=O)OC(C)(C)C)C2)CC1. The molecule has 0 aromatic carbocycles. The Labute approximate surface area is 138 Å². The molecular weight excluding hydrogens is 296 g/mol. The van der Waals surface area contributed by atoms with Gasteiger partial charge < -0.3 is 20.1 Å². The predicted octanol–water partition coefficient (Wildman–Crippen LogP) is 2.62. The lowest BCUT2D eigenvalue weighted by molar-refractivity contribution is -0.141. The van der Waals surface area contributed by atoms with Gasteiger partial charge in [0.2, 0.25) is 0 Å². The number of rotatable bonds is 7. The van der Waals surface area contributed by atoms with Gasteiger partial charge in [0.25, 0.3) is 0 Å². The largest absolute Gasteiger partial charge is 0.481 e. The van der Waals surface area contributed by atoms with E-state index in [0.717, 1.165) is 13.0 Å². The normalized spacial score (nSPS) is 21.5. The smallest absolute Gasteiger partial charge is 0.410 e. The first-order valence-corrected chi connectivity index (χ1v) is 8.54. The Hall–Kier alpha value is -1.30. The van der Waals surface area contributed by atoms with Crippen molar-refractivity contribution in [3.8, 4) is 0 Å². The van der Waals surface area contributed by atoms with E-state index in [0.29, 0.717) is 18.5 Å². The molecule has 0 atom stereocenters. The molecule has 1 amide bonds. The fraction of sp³-hybridized carbons (Fsp3) is 0.882. The molecule has 6 nitrogen and oxygen atoms in total. The van der Waals surface area contributed by atoms with Crippen molar-refractivity contribution in [3.63, 3.8) is 0 Å². The van der Waals surface area contributed by atoms with Gasteiger partial charge in [0.15, 0.2) is 0 Å². The maximum absolute atomic E-state index is 12.1. The van der Waals surface area contributed by atoms with Gasteiger partial charge in [-0.15, -0.1) is 0 Å². The van der Waals surface area contributed by atoms with Crippen molar-refractivity contribution in [3.05, 3.63) is 0 Å². The minimum Gasteiger partial charge on any atom is -0.481 e. The molecule has 2 aliphatic rings. The summed E-state index contributed by atoms with van der Waals surface area (Å²) in [4.78, 5) is 24.8. The number of amides is 1. The molecule has 2 fully saturated rings. The summed E-state index contributed by atoms with van der Waals surface area (Å²) in [5, 5.41) is 12.7. The number of nitrogens with one attached hydrogen (secondary N) is 1. The van der Waals surface area contributed by atoms with Crippen LogP contribution in [0.4, 0.5) is 4.79 Å². The lowest BCUT2D eigenvalue weighted by Gasteiger charge is -2.50. The third kappa shape index (κ3) is 4.83. The molecule has 23 heavy (non-hydrogen) atoms. The third-order valence-electron chi connectivity index (χ3n) is 4.70. The summed E-state index contributed by atoms with van der Waals surface area (Å²) in [7, 11) is 0. The van der Waals surface area contributed by atoms with Gasteiger partial charge in [0, 0.05) is 19.6 Å². The molecule has 2 rings (SSSR count). The number of nitrogens with zero attached hydrogens (tertiary/aromatic N) is 1. The molecule has 1 saturated heterocycles. The number of likely N-dealkylation sites (tertiary alicyclic amines) is 1. The number of hydrogen-bond donors (Lipinski definition) is 2. The van der Waals surface area contributed by atoms with Crippen LogP contribution in [0.15, 0.2) is 0 Å². The molecule has 1 heterocycles. The van der Waals surface area contributed by atoms with Crippen molar-refractivity contribution < 1.29 is 19.4 Å². The summed E-state index contributed by atoms with van der Waals surface area (Å²) in [6.07, 6.45) is 4.43. The van der Waals surface area contributed by atoms with Crippen molar-refractivity contribution in [2.75, 3.05) is 19.6 Å². The molecule has 0 unspecified atom stereocenters. The Kier molecular flexibility index (Phi) is 4.95. The molecule has 0 aromatic rings. The molecule has 0 bridgehead atoms. The zero-order valence-corrected chi connectivity index (χ0v) is 14.8. The van der Waals surface area contributed by atoms with Crippen molar-refractivity contribution in [2.45, 2.75) is 70.9 Å². The second kappa shape index (κ2) is 6.30. The molecular formula is C17H30N2O4. The van der Waals surface area contributed by atoms with Crippen LogP contribution in [0.2, 0.25) is 0 Å². The summed E-state index contributed by atoms with van der Waals surface area (Å²) in [5.41, 5.74) is -0.687. The van der Waals surface area contributed by atoms with E-state index in [1.165, 1.54) is 19.3 Å². The van der Waals surface area contributed by atoms with Gasteiger partial charge in [-0.2, -0.15) is 0 Å². The van der Waals surface area contributed by atoms with Crippen LogP contribution in [0.3, 0.4) is 0 Å². The van der Waals surface area contributed by atoms with Gasteiger partial charge in [-0.1, -0.05) is 13.3 Å². The average molecular weight is 326 g/mol. The lowest BCUT2D eigenvalue weighted by atomic mass is 9.85. The number of aliphatic carboxylic acids is 1. The predicted molar refractivity (Wildman–Crippen MR) is 87.4 cm³/mol. The van der Waals surface area contributed by atoms with Crippen molar-refractivity contribution in [2.24, 2.45) is 5.41 Å². The quantitative estimate of drug-likeness (QED) is 0.752. The van der Waals surface area contributed by atoms with E-state index in [2.05, 4.69) is 12.2 Å². The van der Waals surface area contributed by atoms with Gasteiger partial charge in [-0.25, -0.2) is 4.79 Å². The van der Waals surface area contributed by atoms with E-state index >= 15 is 0 Å². The molecule has 0 spiro atoms. The van der Waals surface area contributed by atoms with E-state index in [1.54, 1.807) is 4.90 Å². The molecule has 132 valence electrons. The van der Waals surface area contributed by atoms with E-state index in [9.17, 15) is 14.7 Å². The topological polar surface area (TPSA) is 78.9 Å². The van der Waals surface area contributed by atoms with Gasteiger partial charge in [-0.05, 0) is 45.4 Å². The van der Waals surface area contributed by atoms with Gasteiger partial charge in [0.1, 0.15) is 5.60 Å². The Morgan fingerprint density at radius 3 is 2.30 bits per heavy atom. The van der Waals surface area contributed by atoms with Crippen LogP contribution < -0.4 is 5.32 Å². The summed E-state index contributed by atoms with van der Waals surface area (Å²) in [6.45, 7) is 9.31. The number of carbonyl (C=O) groups excluding carboxylic acids is 1. The summed E-state index contributed by atoms with van der Waals surface area (Å²) in [6, 6.07) is 0. The van der Waals surface area contributed by atoms with Gasteiger partial charge in [0.05, 0.1) is 12.0 Å². The first-order valence-electron chi connectivity index (χ1n) is 8.54. The zero-order valence-electron chi connectivity index (χ0n) is 14.8. The minimum absolute atomic E-state index is 0.0362. The first-order chi connectivity index (χ1) is 10.6. The van der Waals surface area contributed by atoms with E-state index < -0.39 is 17.1 Å². The molecule has 1 aliphatic carbocycles. The molecule has 2 N–H and O–H groups in total. The van der Waals surface area contributed by atoms with Crippen LogP contribution in [0.1, 0.15) is 59.8 Å². The highest BCUT2D eigenvalue weighted by Crippen LogP contribution is 2.49. The van der Waals surface area contributed by atoms with Crippen LogP contribution in [0, 0.1) is 5.41 Å². The highest BCUT2D eigenvalue weighted by Gasteiger charge is 2.50. The fourth-order valence-electron chi connectivity index (χ4n) is 3.31. The molecule has 0 radical (unpaired) electrons. The second-order valence-corrected chi connectivity index (χ2v) is 8.29. The number of carboxylic acid groups (broad SMARTS) is 1.